The van der Waals surface area contributed by atoms with Gasteiger partial charge >= 0.3 is 0 Å². The Morgan fingerprint density at radius 3 is 2.31 bits per heavy atom. The molecular weight excluding hydrogens is 357 g/mol. The summed E-state index contributed by atoms with van der Waals surface area (Å²) in [6, 6.07) is 15.5. The molecule has 0 aliphatic heterocycles. The van der Waals surface area contributed by atoms with Crippen molar-refractivity contribution < 1.29 is 4.39 Å². The quantitative estimate of drug-likeness (QED) is 0.454. The van der Waals surface area contributed by atoms with E-state index in [0.717, 1.165) is 35.4 Å². The lowest BCUT2D eigenvalue weighted by molar-refractivity contribution is 0.628. The largest absolute Gasteiger partial charge is 0.256 e. The number of hydrogen-bond donors (Lipinski definition) is 0. The zero-order valence-electron chi connectivity index (χ0n) is 17.7. The third-order valence-corrected chi connectivity index (χ3v) is 5.58. The fourth-order valence-electron chi connectivity index (χ4n) is 4.19. The van der Waals surface area contributed by atoms with E-state index in [1.54, 1.807) is 12.1 Å². The molecule has 29 heavy (non-hydrogen) atoms. The second-order valence-corrected chi connectivity index (χ2v) is 8.53. The van der Waals surface area contributed by atoms with Crippen LogP contribution in [0.15, 0.2) is 54.6 Å². The SMILES string of the molecule is CC(C)/C=C/c1c(C(C)C)nc2c(c1-c1ccc(F)cc1)-c1ccccc1CC2. The van der Waals surface area contributed by atoms with E-state index in [9.17, 15) is 4.39 Å². The minimum atomic E-state index is -0.208. The summed E-state index contributed by atoms with van der Waals surface area (Å²) in [6.45, 7) is 8.77. The van der Waals surface area contributed by atoms with Crippen LogP contribution in [0, 0.1) is 11.7 Å². The number of hydrogen-bond acceptors (Lipinski definition) is 1. The van der Waals surface area contributed by atoms with E-state index in [-0.39, 0.29) is 5.82 Å². The first-order chi connectivity index (χ1) is 14.0. The number of aryl methyl sites for hydroxylation is 2. The molecule has 1 aliphatic rings. The van der Waals surface area contributed by atoms with Crippen LogP contribution in [-0.4, -0.2) is 4.98 Å². The minimum absolute atomic E-state index is 0.208. The fourth-order valence-corrected chi connectivity index (χ4v) is 4.19. The van der Waals surface area contributed by atoms with E-state index in [2.05, 4.69) is 64.1 Å². The fraction of sp³-hybridized carbons (Fsp3) is 0.296. The van der Waals surface area contributed by atoms with E-state index in [4.69, 9.17) is 4.98 Å². The number of pyridine rings is 1. The van der Waals surface area contributed by atoms with E-state index in [1.807, 2.05) is 12.1 Å². The maximum atomic E-state index is 13.7. The van der Waals surface area contributed by atoms with Gasteiger partial charge < -0.3 is 0 Å². The minimum Gasteiger partial charge on any atom is -0.256 e. The van der Waals surface area contributed by atoms with Gasteiger partial charge in [0.05, 0.1) is 5.69 Å². The highest BCUT2D eigenvalue weighted by Gasteiger charge is 2.26. The van der Waals surface area contributed by atoms with Crippen LogP contribution in [0.25, 0.3) is 28.3 Å². The molecule has 0 fully saturated rings. The molecule has 0 spiro atoms. The van der Waals surface area contributed by atoms with Crippen molar-refractivity contribution in [2.24, 2.45) is 5.92 Å². The van der Waals surface area contributed by atoms with Crippen molar-refractivity contribution in [3.8, 4) is 22.3 Å². The summed E-state index contributed by atoms with van der Waals surface area (Å²) in [7, 11) is 0. The van der Waals surface area contributed by atoms with Gasteiger partial charge in [0, 0.05) is 22.4 Å². The molecule has 0 radical (unpaired) electrons. The Morgan fingerprint density at radius 1 is 0.897 bits per heavy atom. The first-order valence-corrected chi connectivity index (χ1v) is 10.5. The van der Waals surface area contributed by atoms with Crippen molar-refractivity contribution in [3.63, 3.8) is 0 Å². The van der Waals surface area contributed by atoms with Crippen LogP contribution >= 0.6 is 0 Å². The van der Waals surface area contributed by atoms with Crippen molar-refractivity contribution in [3.05, 3.63) is 82.9 Å². The highest BCUT2D eigenvalue weighted by Crippen LogP contribution is 2.44. The van der Waals surface area contributed by atoms with Crippen molar-refractivity contribution >= 4 is 6.08 Å². The second kappa shape index (κ2) is 7.94. The lowest BCUT2D eigenvalue weighted by Crippen LogP contribution is -2.12. The van der Waals surface area contributed by atoms with Crippen molar-refractivity contribution in [1.82, 2.24) is 4.98 Å². The summed E-state index contributed by atoms with van der Waals surface area (Å²) in [4.78, 5) is 5.17. The normalized spacial score (nSPS) is 13.2. The van der Waals surface area contributed by atoms with Gasteiger partial charge in [-0.2, -0.15) is 0 Å². The van der Waals surface area contributed by atoms with Crippen LogP contribution in [0.1, 0.15) is 56.1 Å². The molecule has 0 saturated carbocycles. The summed E-state index contributed by atoms with van der Waals surface area (Å²) in [5, 5.41) is 0. The Bertz CT molecular complexity index is 1060. The van der Waals surface area contributed by atoms with Crippen molar-refractivity contribution in [2.45, 2.75) is 46.5 Å². The first kappa shape index (κ1) is 19.6. The molecule has 148 valence electrons. The number of allylic oxidation sites excluding steroid dienone is 1. The van der Waals surface area contributed by atoms with Gasteiger partial charge in [0.25, 0.3) is 0 Å². The Balaban J connectivity index is 2.10. The van der Waals surface area contributed by atoms with Crippen LogP contribution in [-0.2, 0) is 12.8 Å². The van der Waals surface area contributed by atoms with Crippen LogP contribution in [0.5, 0.6) is 0 Å². The maximum absolute atomic E-state index is 13.7. The molecule has 0 unspecified atom stereocenters. The van der Waals surface area contributed by atoms with Gasteiger partial charge in [-0.3, -0.25) is 4.98 Å². The van der Waals surface area contributed by atoms with Gasteiger partial charge in [0.15, 0.2) is 0 Å². The van der Waals surface area contributed by atoms with Crippen LogP contribution in [0.2, 0.25) is 0 Å². The molecule has 0 atom stereocenters. The zero-order valence-corrected chi connectivity index (χ0v) is 17.7. The molecule has 1 nitrogen and oxygen atoms in total. The highest BCUT2D eigenvalue weighted by atomic mass is 19.1. The predicted molar refractivity (Wildman–Crippen MR) is 120 cm³/mol. The molecule has 1 aromatic heterocycles. The molecule has 0 bridgehead atoms. The number of halogens is 1. The number of nitrogens with zero attached hydrogens (tertiary/aromatic N) is 1. The number of rotatable bonds is 4. The van der Waals surface area contributed by atoms with E-state index in [1.165, 1.54) is 22.3 Å². The third-order valence-electron chi connectivity index (χ3n) is 5.58. The summed E-state index contributed by atoms with van der Waals surface area (Å²) < 4.78 is 13.7. The summed E-state index contributed by atoms with van der Waals surface area (Å²) in [6.07, 6.45) is 6.41. The van der Waals surface area contributed by atoms with Crippen molar-refractivity contribution in [2.75, 3.05) is 0 Å². The Morgan fingerprint density at radius 2 is 1.62 bits per heavy atom. The zero-order chi connectivity index (χ0) is 20.5. The van der Waals surface area contributed by atoms with Crippen LogP contribution in [0.3, 0.4) is 0 Å². The first-order valence-electron chi connectivity index (χ1n) is 10.5. The average molecular weight is 386 g/mol. The van der Waals surface area contributed by atoms with Gasteiger partial charge in [0.2, 0.25) is 0 Å². The van der Waals surface area contributed by atoms with Crippen LogP contribution in [0.4, 0.5) is 4.39 Å². The molecule has 4 rings (SSSR count). The molecule has 1 aliphatic carbocycles. The number of aromatic nitrogens is 1. The maximum Gasteiger partial charge on any atom is 0.123 e. The number of benzene rings is 2. The number of fused-ring (bicyclic) bond motifs is 3. The Kier molecular flexibility index (Phi) is 5.36. The van der Waals surface area contributed by atoms with Crippen LogP contribution < -0.4 is 0 Å². The molecular formula is C27H28FN. The standard InChI is InChI=1S/C27H28FN/c1-17(2)9-15-23-25(20-10-13-21(28)14-11-20)26-22-8-6-5-7-19(22)12-16-24(26)29-27(23)18(3)4/h5-11,13-15,17-18H,12,16H2,1-4H3/b15-9+. The lowest BCUT2D eigenvalue weighted by atomic mass is 9.80. The van der Waals surface area contributed by atoms with E-state index < -0.39 is 0 Å². The smallest absolute Gasteiger partial charge is 0.123 e. The molecule has 1 heterocycles. The molecule has 3 aromatic rings. The predicted octanol–water partition coefficient (Wildman–Crippen LogP) is 7.45. The molecule has 2 aromatic carbocycles. The highest BCUT2D eigenvalue weighted by molar-refractivity contribution is 5.93. The van der Waals surface area contributed by atoms with E-state index >= 15 is 0 Å². The lowest BCUT2D eigenvalue weighted by Gasteiger charge is -2.26. The van der Waals surface area contributed by atoms with Gasteiger partial charge in [0.1, 0.15) is 5.82 Å². The summed E-state index contributed by atoms with van der Waals surface area (Å²) >= 11 is 0. The molecule has 0 saturated heterocycles. The molecule has 0 amide bonds. The van der Waals surface area contributed by atoms with Gasteiger partial charge in [-0.15, -0.1) is 0 Å². The van der Waals surface area contributed by atoms with Gasteiger partial charge in [-0.05, 0) is 53.5 Å². The average Bonchev–Trinajstić information content (AvgIpc) is 2.71. The molecule has 2 heteroatoms. The second-order valence-electron chi connectivity index (χ2n) is 8.53. The van der Waals surface area contributed by atoms with Gasteiger partial charge in [-0.1, -0.05) is 76.2 Å². The monoisotopic (exact) mass is 385 g/mol. The Hall–Kier alpha value is -2.74. The van der Waals surface area contributed by atoms with E-state index in [0.29, 0.717) is 11.8 Å². The molecule has 0 N–H and O–H groups in total. The third kappa shape index (κ3) is 3.76. The van der Waals surface area contributed by atoms with Crippen molar-refractivity contribution in [1.29, 1.82) is 0 Å². The van der Waals surface area contributed by atoms with Gasteiger partial charge in [-0.25, -0.2) is 4.39 Å². The topological polar surface area (TPSA) is 12.9 Å². The Labute approximate surface area is 173 Å². The summed E-state index contributed by atoms with van der Waals surface area (Å²) in [5.41, 5.74) is 9.51. The summed E-state index contributed by atoms with van der Waals surface area (Å²) in [5.74, 6) is 0.545.